The number of likely N-dealkylation sites (tertiary alicyclic amines) is 1. The van der Waals surface area contributed by atoms with Crippen LogP contribution in [0.3, 0.4) is 0 Å². The summed E-state index contributed by atoms with van der Waals surface area (Å²) in [5.41, 5.74) is 0. The van der Waals surface area contributed by atoms with Crippen LogP contribution in [0.25, 0.3) is 0 Å². The maximum atomic E-state index is 5.71. The van der Waals surface area contributed by atoms with E-state index >= 15 is 0 Å². The predicted molar refractivity (Wildman–Crippen MR) is 112 cm³/mol. The molecule has 3 heterocycles. The molecule has 0 aliphatic carbocycles. The zero-order valence-corrected chi connectivity index (χ0v) is 17.8. The minimum absolute atomic E-state index is 0. The number of ether oxygens (including phenoxy) is 1. The molecular formula is C17H29IN4OS. The summed E-state index contributed by atoms with van der Waals surface area (Å²) in [6.07, 6.45) is 2.86. The molecule has 0 radical (unpaired) electrons. The molecule has 24 heavy (non-hydrogen) atoms. The molecule has 2 fully saturated rings. The standard InChI is InChI=1S/C17H28N4OS.HI/c1-14-13-21(9-10-22-14)15(16-6-5-11-23-16)12-19-17(18-2)20-7-3-4-8-20;/h5-6,11,14-15H,3-4,7-10,12-13H2,1-2H3,(H,18,19);1H. The lowest BCUT2D eigenvalue weighted by atomic mass is 10.1. The fourth-order valence-corrected chi connectivity index (χ4v) is 4.33. The van der Waals surface area contributed by atoms with E-state index in [9.17, 15) is 0 Å². The molecule has 0 amide bonds. The summed E-state index contributed by atoms with van der Waals surface area (Å²) in [4.78, 5) is 10.8. The van der Waals surface area contributed by atoms with Crippen LogP contribution in [-0.4, -0.2) is 68.2 Å². The monoisotopic (exact) mass is 464 g/mol. The molecule has 0 spiro atoms. The van der Waals surface area contributed by atoms with Gasteiger partial charge in [0.25, 0.3) is 0 Å². The Hall–Kier alpha value is -0.380. The van der Waals surface area contributed by atoms with Crippen LogP contribution in [0.5, 0.6) is 0 Å². The molecule has 2 atom stereocenters. The minimum Gasteiger partial charge on any atom is -0.376 e. The molecule has 0 aromatic carbocycles. The van der Waals surface area contributed by atoms with Gasteiger partial charge >= 0.3 is 0 Å². The van der Waals surface area contributed by atoms with Crippen molar-refractivity contribution >= 4 is 41.3 Å². The Kier molecular flexibility index (Phi) is 8.25. The molecular weight excluding hydrogens is 435 g/mol. The largest absolute Gasteiger partial charge is 0.376 e. The zero-order valence-electron chi connectivity index (χ0n) is 14.6. The summed E-state index contributed by atoms with van der Waals surface area (Å²) >= 11 is 1.84. The van der Waals surface area contributed by atoms with E-state index in [1.807, 2.05) is 18.4 Å². The van der Waals surface area contributed by atoms with E-state index in [4.69, 9.17) is 4.74 Å². The van der Waals surface area contributed by atoms with E-state index in [-0.39, 0.29) is 24.0 Å². The summed E-state index contributed by atoms with van der Waals surface area (Å²) in [5.74, 6) is 1.05. The van der Waals surface area contributed by atoms with Crippen molar-refractivity contribution < 1.29 is 4.74 Å². The molecule has 1 N–H and O–H groups in total. The third-order valence-corrected chi connectivity index (χ3v) is 5.63. The zero-order chi connectivity index (χ0) is 16.1. The van der Waals surface area contributed by atoms with Gasteiger partial charge in [-0.15, -0.1) is 35.3 Å². The summed E-state index contributed by atoms with van der Waals surface area (Å²) < 4.78 is 5.71. The first-order valence-electron chi connectivity index (χ1n) is 8.62. The second-order valence-corrected chi connectivity index (χ2v) is 7.31. The van der Waals surface area contributed by atoms with Crippen LogP contribution >= 0.6 is 35.3 Å². The van der Waals surface area contributed by atoms with Crippen LogP contribution in [0.2, 0.25) is 0 Å². The third-order valence-electron chi connectivity index (χ3n) is 4.66. The van der Waals surface area contributed by atoms with Crippen LogP contribution < -0.4 is 5.32 Å². The van der Waals surface area contributed by atoms with Crippen molar-refractivity contribution in [2.45, 2.75) is 31.9 Å². The van der Waals surface area contributed by atoms with Crippen LogP contribution in [0, 0.1) is 0 Å². The number of rotatable bonds is 4. The molecule has 3 rings (SSSR count). The molecule has 1 aromatic heterocycles. The van der Waals surface area contributed by atoms with Crippen molar-refractivity contribution in [2.75, 3.05) is 46.4 Å². The highest BCUT2D eigenvalue weighted by Crippen LogP contribution is 2.26. The number of hydrogen-bond donors (Lipinski definition) is 1. The number of halogens is 1. The van der Waals surface area contributed by atoms with Gasteiger partial charge in [0.1, 0.15) is 0 Å². The highest BCUT2D eigenvalue weighted by molar-refractivity contribution is 14.0. The number of thiophene rings is 1. The van der Waals surface area contributed by atoms with Gasteiger partial charge in [-0.25, -0.2) is 0 Å². The first-order chi connectivity index (χ1) is 11.3. The van der Waals surface area contributed by atoms with Gasteiger partial charge in [-0.05, 0) is 31.2 Å². The van der Waals surface area contributed by atoms with Crippen LogP contribution in [-0.2, 0) is 4.74 Å². The summed E-state index contributed by atoms with van der Waals surface area (Å²) in [6.45, 7) is 8.12. The molecule has 7 heteroatoms. The average molecular weight is 464 g/mol. The van der Waals surface area contributed by atoms with E-state index in [1.165, 1.54) is 17.7 Å². The normalized spacial score (nSPS) is 23.8. The number of aliphatic imine (C=N–C) groups is 1. The van der Waals surface area contributed by atoms with Crippen LogP contribution in [0.4, 0.5) is 0 Å². The quantitative estimate of drug-likeness (QED) is 0.423. The van der Waals surface area contributed by atoms with Crippen molar-refractivity contribution in [3.8, 4) is 0 Å². The second kappa shape index (κ2) is 9.94. The number of hydrogen-bond acceptors (Lipinski definition) is 4. The maximum absolute atomic E-state index is 5.71. The summed E-state index contributed by atoms with van der Waals surface area (Å²) in [7, 11) is 1.89. The van der Waals surface area contributed by atoms with Crippen LogP contribution in [0.1, 0.15) is 30.7 Å². The molecule has 0 bridgehead atoms. The van der Waals surface area contributed by atoms with Crippen molar-refractivity contribution in [3.05, 3.63) is 22.4 Å². The van der Waals surface area contributed by atoms with E-state index in [1.54, 1.807) is 0 Å². The van der Waals surface area contributed by atoms with Crippen molar-refractivity contribution in [3.63, 3.8) is 0 Å². The fourth-order valence-electron chi connectivity index (χ4n) is 3.47. The number of morpholine rings is 1. The highest BCUT2D eigenvalue weighted by Gasteiger charge is 2.27. The van der Waals surface area contributed by atoms with Crippen LogP contribution in [0.15, 0.2) is 22.5 Å². The van der Waals surface area contributed by atoms with Gasteiger partial charge in [-0.3, -0.25) is 9.89 Å². The Morgan fingerprint density at radius 2 is 2.21 bits per heavy atom. The summed E-state index contributed by atoms with van der Waals surface area (Å²) in [6, 6.07) is 4.78. The average Bonchev–Trinajstić information content (AvgIpc) is 3.25. The van der Waals surface area contributed by atoms with Gasteiger partial charge in [-0.2, -0.15) is 0 Å². The van der Waals surface area contributed by atoms with Gasteiger partial charge in [0.2, 0.25) is 0 Å². The van der Waals surface area contributed by atoms with Gasteiger partial charge < -0.3 is 15.0 Å². The van der Waals surface area contributed by atoms with Gasteiger partial charge in [-0.1, -0.05) is 6.07 Å². The van der Waals surface area contributed by atoms with E-state index in [2.05, 4.69) is 44.5 Å². The highest BCUT2D eigenvalue weighted by atomic mass is 127. The molecule has 5 nitrogen and oxygen atoms in total. The Bertz CT molecular complexity index is 505. The Morgan fingerprint density at radius 1 is 1.42 bits per heavy atom. The number of guanidine groups is 1. The molecule has 2 aliphatic rings. The molecule has 2 aliphatic heterocycles. The van der Waals surface area contributed by atoms with E-state index < -0.39 is 0 Å². The first-order valence-corrected chi connectivity index (χ1v) is 9.50. The van der Waals surface area contributed by atoms with Gasteiger partial charge in [0, 0.05) is 44.6 Å². The number of nitrogens with zero attached hydrogens (tertiary/aromatic N) is 3. The Balaban J connectivity index is 0.00000208. The third kappa shape index (κ3) is 5.06. The van der Waals surface area contributed by atoms with Crippen molar-refractivity contribution in [1.82, 2.24) is 15.1 Å². The predicted octanol–water partition coefficient (Wildman–Crippen LogP) is 2.80. The van der Waals surface area contributed by atoms with Crippen molar-refractivity contribution in [1.29, 1.82) is 0 Å². The lowest BCUT2D eigenvalue weighted by Crippen LogP contribution is -2.48. The SMILES string of the molecule is CN=C(NCC(c1cccs1)N1CCOC(C)C1)N1CCCC1.I. The Labute approximate surface area is 166 Å². The molecule has 0 saturated carbocycles. The first kappa shape index (κ1) is 19.9. The minimum atomic E-state index is 0. The lowest BCUT2D eigenvalue weighted by Gasteiger charge is -2.37. The molecule has 2 saturated heterocycles. The second-order valence-electron chi connectivity index (χ2n) is 6.33. The molecule has 136 valence electrons. The van der Waals surface area contributed by atoms with E-state index in [0.717, 1.165) is 45.3 Å². The summed E-state index contributed by atoms with van der Waals surface area (Å²) in [5, 5.41) is 5.78. The lowest BCUT2D eigenvalue weighted by molar-refractivity contribution is -0.0334. The van der Waals surface area contributed by atoms with Gasteiger partial charge in [0.05, 0.1) is 18.8 Å². The smallest absolute Gasteiger partial charge is 0.193 e. The Morgan fingerprint density at radius 3 is 2.83 bits per heavy atom. The van der Waals surface area contributed by atoms with Gasteiger partial charge in [0.15, 0.2) is 5.96 Å². The molecule has 2 unspecified atom stereocenters. The molecule has 1 aromatic rings. The maximum Gasteiger partial charge on any atom is 0.193 e. The topological polar surface area (TPSA) is 40.1 Å². The fraction of sp³-hybridized carbons (Fsp3) is 0.706. The van der Waals surface area contributed by atoms with Crippen molar-refractivity contribution in [2.24, 2.45) is 4.99 Å². The number of nitrogens with one attached hydrogen (secondary N) is 1. The van der Waals surface area contributed by atoms with E-state index in [0.29, 0.717) is 12.1 Å².